The maximum Gasteiger partial charge on any atom is 0.330 e. The van der Waals surface area contributed by atoms with Gasteiger partial charge in [-0.2, -0.15) is 0 Å². The Bertz CT molecular complexity index is 1080. The van der Waals surface area contributed by atoms with Gasteiger partial charge in [-0.3, -0.25) is 19.7 Å². The number of esters is 1. The molecule has 2 saturated heterocycles. The Kier molecular flexibility index (Phi) is 6.21. The number of ether oxygens (including phenoxy) is 1. The minimum absolute atomic E-state index is 0.205. The zero-order valence-corrected chi connectivity index (χ0v) is 18.2. The molecular formula is C22H18ClFN2O5S. The Labute approximate surface area is 192 Å². The fourth-order valence-electron chi connectivity index (χ4n) is 3.90. The summed E-state index contributed by atoms with van der Waals surface area (Å²) in [5, 5.41) is 2.58. The summed E-state index contributed by atoms with van der Waals surface area (Å²) in [6.07, 6.45) is 0.742. The second-order valence-corrected chi connectivity index (χ2v) is 9.11. The van der Waals surface area contributed by atoms with Gasteiger partial charge in [-0.15, -0.1) is 11.8 Å². The average Bonchev–Trinajstić information content (AvgIpc) is 3.32. The Balaban J connectivity index is 1.39. The molecule has 0 spiro atoms. The number of nitrogens with one attached hydrogen (secondary N) is 1. The highest BCUT2D eigenvalue weighted by Gasteiger charge is 2.57. The predicted molar refractivity (Wildman–Crippen MR) is 115 cm³/mol. The van der Waals surface area contributed by atoms with E-state index in [0.29, 0.717) is 11.4 Å². The Morgan fingerprint density at radius 3 is 2.53 bits per heavy atom. The second kappa shape index (κ2) is 8.91. The summed E-state index contributed by atoms with van der Waals surface area (Å²) in [7, 11) is 0. The second-order valence-electron chi connectivity index (χ2n) is 7.37. The van der Waals surface area contributed by atoms with E-state index in [1.165, 1.54) is 53.1 Å². The van der Waals surface area contributed by atoms with Crippen molar-refractivity contribution in [1.82, 2.24) is 10.2 Å². The number of hydrogen-bond donors (Lipinski definition) is 1. The highest BCUT2D eigenvalue weighted by Crippen LogP contribution is 2.54. The molecule has 4 rings (SSSR count). The number of halogens is 2. The summed E-state index contributed by atoms with van der Waals surface area (Å²) in [6.45, 7) is -0.662. The molecule has 2 aromatic carbocycles. The van der Waals surface area contributed by atoms with Crippen LogP contribution >= 0.6 is 23.4 Å². The molecule has 2 fully saturated rings. The number of carbonyl (C=O) groups is 4. The summed E-state index contributed by atoms with van der Waals surface area (Å²) in [4.78, 5) is 50.1. The average molecular weight is 477 g/mol. The smallest absolute Gasteiger partial charge is 0.330 e. The standard InChI is InChI=1S/C22H18ClFN2O5S/c23-15-5-1-13(2-6-15)20(29)25-18(27)11-31-21(30)17-12-32-22(10-9-19(28)26(17)22)14-3-7-16(24)8-4-14/h1-8,17H,9-12H2,(H,25,27,29)/t17-,22-/m0/s1. The van der Waals surface area contributed by atoms with E-state index < -0.39 is 35.3 Å². The third kappa shape index (κ3) is 4.22. The number of fused-ring (bicyclic) bond motifs is 1. The van der Waals surface area contributed by atoms with Crippen LogP contribution in [0.4, 0.5) is 4.39 Å². The van der Waals surface area contributed by atoms with Crippen molar-refractivity contribution in [2.24, 2.45) is 0 Å². The van der Waals surface area contributed by atoms with Crippen LogP contribution < -0.4 is 5.32 Å². The van der Waals surface area contributed by atoms with Crippen LogP contribution in [0, 0.1) is 5.82 Å². The highest BCUT2D eigenvalue weighted by atomic mass is 35.5. The van der Waals surface area contributed by atoms with Crippen LogP contribution in [-0.2, 0) is 24.0 Å². The molecule has 2 atom stereocenters. The van der Waals surface area contributed by atoms with Gasteiger partial charge in [0.2, 0.25) is 5.91 Å². The van der Waals surface area contributed by atoms with Crippen molar-refractivity contribution < 1.29 is 28.3 Å². The molecule has 10 heteroatoms. The minimum Gasteiger partial charge on any atom is -0.454 e. The maximum atomic E-state index is 13.4. The minimum atomic E-state index is -0.875. The molecule has 0 saturated carbocycles. The molecular weight excluding hydrogens is 459 g/mol. The van der Waals surface area contributed by atoms with Crippen molar-refractivity contribution in [3.8, 4) is 0 Å². The molecule has 2 heterocycles. The highest BCUT2D eigenvalue weighted by molar-refractivity contribution is 8.00. The van der Waals surface area contributed by atoms with Crippen molar-refractivity contribution in [2.45, 2.75) is 23.8 Å². The molecule has 1 N–H and O–H groups in total. The molecule has 166 valence electrons. The number of hydrogen-bond acceptors (Lipinski definition) is 6. The fraction of sp³-hybridized carbons (Fsp3) is 0.273. The summed E-state index contributed by atoms with van der Waals surface area (Å²) < 4.78 is 18.5. The maximum absolute atomic E-state index is 13.4. The molecule has 3 amide bonds. The van der Waals surface area contributed by atoms with E-state index in [-0.39, 0.29) is 29.5 Å². The molecule has 0 radical (unpaired) electrons. The first-order chi connectivity index (χ1) is 15.3. The SMILES string of the molecule is O=C(COC(=O)[C@@H]1CS[C@]2(c3ccc(F)cc3)CCC(=O)N12)NC(=O)c1ccc(Cl)cc1. The van der Waals surface area contributed by atoms with Gasteiger partial charge in [0.25, 0.3) is 11.8 Å². The first-order valence-corrected chi connectivity index (χ1v) is 11.1. The van der Waals surface area contributed by atoms with Gasteiger partial charge in [0.15, 0.2) is 6.61 Å². The summed E-state index contributed by atoms with van der Waals surface area (Å²) in [6, 6.07) is 10.9. The Morgan fingerprint density at radius 2 is 1.84 bits per heavy atom. The van der Waals surface area contributed by atoms with Crippen LogP contribution in [0.2, 0.25) is 5.02 Å². The van der Waals surface area contributed by atoms with Gasteiger partial charge < -0.3 is 9.64 Å². The van der Waals surface area contributed by atoms with E-state index in [1.54, 1.807) is 12.1 Å². The lowest BCUT2D eigenvalue weighted by atomic mass is 10.0. The number of rotatable bonds is 5. The van der Waals surface area contributed by atoms with Gasteiger partial charge in [0, 0.05) is 22.8 Å². The molecule has 0 aliphatic carbocycles. The number of carbonyl (C=O) groups excluding carboxylic acids is 4. The zero-order chi connectivity index (χ0) is 22.9. The van der Waals surface area contributed by atoms with Crippen LogP contribution in [0.15, 0.2) is 48.5 Å². The van der Waals surface area contributed by atoms with E-state index in [0.717, 1.165) is 5.56 Å². The quantitative estimate of drug-likeness (QED) is 0.667. The largest absolute Gasteiger partial charge is 0.454 e. The normalized spacial score (nSPS) is 21.9. The lowest BCUT2D eigenvalue weighted by Gasteiger charge is -2.33. The van der Waals surface area contributed by atoms with E-state index in [4.69, 9.17) is 16.3 Å². The van der Waals surface area contributed by atoms with Gasteiger partial charge in [0.05, 0.1) is 0 Å². The summed E-state index contributed by atoms with van der Waals surface area (Å²) >= 11 is 7.19. The monoisotopic (exact) mass is 476 g/mol. The molecule has 0 aromatic heterocycles. The Morgan fingerprint density at radius 1 is 1.16 bits per heavy atom. The van der Waals surface area contributed by atoms with Crippen LogP contribution in [-0.4, -0.2) is 47.0 Å². The number of benzene rings is 2. The number of nitrogens with zero attached hydrogens (tertiary/aromatic N) is 1. The van der Waals surface area contributed by atoms with Crippen molar-refractivity contribution in [2.75, 3.05) is 12.4 Å². The lowest BCUT2D eigenvalue weighted by Crippen LogP contribution is -2.47. The zero-order valence-electron chi connectivity index (χ0n) is 16.7. The molecule has 0 bridgehead atoms. The van der Waals surface area contributed by atoms with Crippen LogP contribution in [0.5, 0.6) is 0 Å². The molecule has 2 aromatic rings. The van der Waals surface area contributed by atoms with E-state index in [9.17, 15) is 23.6 Å². The van der Waals surface area contributed by atoms with Gasteiger partial charge in [-0.25, -0.2) is 9.18 Å². The van der Waals surface area contributed by atoms with Crippen molar-refractivity contribution in [3.63, 3.8) is 0 Å². The van der Waals surface area contributed by atoms with Crippen LogP contribution in [0.1, 0.15) is 28.8 Å². The fourth-order valence-corrected chi connectivity index (χ4v) is 5.66. The van der Waals surface area contributed by atoms with Gasteiger partial charge in [0.1, 0.15) is 16.7 Å². The van der Waals surface area contributed by atoms with Gasteiger partial charge in [-0.05, 0) is 48.4 Å². The lowest BCUT2D eigenvalue weighted by molar-refractivity contribution is -0.156. The molecule has 0 unspecified atom stereocenters. The molecule has 2 aliphatic heterocycles. The van der Waals surface area contributed by atoms with Crippen molar-refractivity contribution in [1.29, 1.82) is 0 Å². The first-order valence-electron chi connectivity index (χ1n) is 9.79. The first kappa shape index (κ1) is 22.3. The number of amides is 3. The van der Waals surface area contributed by atoms with Crippen LogP contribution in [0.3, 0.4) is 0 Å². The summed E-state index contributed by atoms with van der Waals surface area (Å²) in [5.41, 5.74) is 0.962. The predicted octanol–water partition coefficient (Wildman–Crippen LogP) is 2.87. The van der Waals surface area contributed by atoms with E-state index in [1.807, 2.05) is 0 Å². The van der Waals surface area contributed by atoms with E-state index >= 15 is 0 Å². The number of imide groups is 1. The van der Waals surface area contributed by atoms with Crippen molar-refractivity contribution in [3.05, 3.63) is 70.5 Å². The summed E-state index contributed by atoms with van der Waals surface area (Å²) in [5.74, 6) is -2.48. The molecule has 2 aliphatic rings. The number of thioether (sulfide) groups is 1. The van der Waals surface area contributed by atoms with Gasteiger partial charge >= 0.3 is 5.97 Å². The Hall–Kier alpha value is -2.91. The van der Waals surface area contributed by atoms with Crippen LogP contribution in [0.25, 0.3) is 0 Å². The third-order valence-corrected chi connectivity index (χ3v) is 7.25. The van der Waals surface area contributed by atoms with Gasteiger partial charge in [-0.1, -0.05) is 23.7 Å². The third-order valence-electron chi connectivity index (χ3n) is 5.40. The van der Waals surface area contributed by atoms with E-state index in [2.05, 4.69) is 5.32 Å². The topological polar surface area (TPSA) is 92.8 Å². The molecule has 7 nitrogen and oxygen atoms in total. The van der Waals surface area contributed by atoms with Crippen molar-refractivity contribution >= 4 is 47.1 Å². The molecule has 32 heavy (non-hydrogen) atoms.